The molecule has 0 spiro atoms. The van der Waals surface area contributed by atoms with Gasteiger partial charge in [0.2, 0.25) is 0 Å². The van der Waals surface area contributed by atoms with E-state index in [9.17, 15) is 10.1 Å². The van der Waals surface area contributed by atoms with E-state index in [0.717, 1.165) is 53.5 Å². The van der Waals surface area contributed by atoms with Crippen molar-refractivity contribution in [3.05, 3.63) is 82.4 Å². The summed E-state index contributed by atoms with van der Waals surface area (Å²) in [4.78, 5) is 15.4. The van der Waals surface area contributed by atoms with Gasteiger partial charge in [-0.2, -0.15) is 0 Å². The van der Waals surface area contributed by atoms with Crippen molar-refractivity contribution >= 4 is 38.9 Å². The van der Waals surface area contributed by atoms with Crippen LogP contribution >= 0.6 is 0 Å². The quantitative estimate of drug-likeness (QED) is 0.194. The number of non-ortho nitro benzene ring substituents is 1. The second-order valence-corrected chi connectivity index (χ2v) is 7.03. The van der Waals surface area contributed by atoms with E-state index in [4.69, 9.17) is 5.73 Å². The molecule has 0 atom stereocenters. The molecule has 1 heterocycles. The summed E-state index contributed by atoms with van der Waals surface area (Å²) in [5.74, 6) is 0. The first-order valence-corrected chi connectivity index (χ1v) is 9.68. The lowest BCUT2D eigenvalue weighted by molar-refractivity contribution is -0.384. The Kier molecular flexibility index (Phi) is 5.35. The molecule has 4 rings (SSSR count). The van der Waals surface area contributed by atoms with Crippen LogP contribution in [0.25, 0.3) is 21.8 Å². The Hall–Kier alpha value is -3.51. The number of aryl methyl sites for hydroxylation is 1. The molecule has 6 heteroatoms. The molecular formula is C23H22N4O2. The number of fused-ring (bicyclic) bond motifs is 2. The number of nitrogens with two attached hydrogens (primary N) is 1. The molecule has 0 aliphatic carbocycles. The molecule has 6 nitrogen and oxygen atoms in total. The van der Waals surface area contributed by atoms with E-state index in [2.05, 4.69) is 34.6 Å². The molecule has 0 radical (unpaired) electrons. The summed E-state index contributed by atoms with van der Waals surface area (Å²) in [6.45, 7) is 0.722. The number of nitro benzene ring substituents is 1. The van der Waals surface area contributed by atoms with Crippen molar-refractivity contribution in [1.29, 1.82) is 0 Å². The highest BCUT2D eigenvalue weighted by atomic mass is 16.6. The Labute approximate surface area is 168 Å². The molecule has 4 aromatic rings. The van der Waals surface area contributed by atoms with Gasteiger partial charge in [-0.05, 0) is 55.6 Å². The van der Waals surface area contributed by atoms with Crippen molar-refractivity contribution in [3.8, 4) is 0 Å². The first-order chi connectivity index (χ1) is 14.2. The SMILES string of the molecule is NCCCCc1ccc(Nc2c3ccccc3nc3cc([N+](=O)[O-])ccc23)cc1. The molecule has 0 bridgehead atoms. The average Bonchev–Trinajstić information content (AvgIpc) is 2.74. The van der Waals surface area contributed by atoms with E-state index in [-0.39, 0.29) is 5.69 Å². The largest absolute Gasteiger partial charge is 0.354 e. The molecule has 29 heavy (non-hydrogen) atoms. The number of unbranched alkanes of at least 4 members (excludes halogenated alkanes) is 1. The number of rotatable bonds is 7. The Morgan fingerprint density at radius 1 is 0.931 bits per heavy atom. The summed E-state index contributed by atoms with van der Waals surface area (Å²) < 4.78 is 0. The number of nitrogens with one attached hydrogen (secondary N) is 1. The standard InChI is InChI=1S/C23H22N4O2/c24-14-4-3-5-16-8-10-17(11-9-16)25-23-19-6-1-2-7-21(19)26-22-15-18(27(28)29)12-13-20(22)23/h1-2,6-13,15H,3-5,14,24H2,(H,25,26). The van der Waals surface area contributed by atoms with Crippen LogP contribution in [0.1, 0.15) is 18.4 Å². The highest BCUT2D eigenvalue weighted by molar-refractivity contribution is 6.09. The van der Waals surface area contributed by atoms with Gasteiger partial charge < -0.3 is 11.1 Å². The molecular weight excluding hydrogens is 364 g/mol. The zero-order valence-electron chi connectivity index (χ0n) is 16.0. The third kappa shape index (κ3) is 4.02. The molecule has 0 aliphatic rings. The molecule has 0 amide bonds. The molecule has 0 saturated carbocycles. The summed E-state index contributed by atoms with van der Waals surface area (Å²) >= 11 is 0. The minimum atomic E-state index is -0.396. The fraction of sp³-hybridized carbons (Fsp3) is 0.174. The number of para-hydroxylation sites is 1. The monoisotopic (exact) mass is 386 g/mol. The summed E-state index contributed by atoms with van der Waals surface area (Å²) in [6, 6.07) is 21.0. The lowest BCUT2D eigenvalue weighted by Crippen LogP contribution is -1.99. The highest BCUT2D eigenvalue weighted by Crippen LogP contribution is 2.34. The van der Waals surface area contributed by atoms with Crippen LogP contribution in [0.15, 0.2) is 66.7 Å². The third-order valence-electron chi connectivity index (χ3n) is 5.02. The minimum Gasteiger partial charge on any atom is -0.354 e. The van der Waals surface area contributed by atoms with E-state index < -0.39 is 4.92 Å². The third-order valence-corrected chi connectivity index (χ3v) is 5.02. The van der Waals surface area contributed by atoms with Gasteiger partial charge in [0.15, 0.2) is 0 Å². The van der Waals surface area contributed by atoms with E-state index in [0.29, 0.717) is 5.52 Å². The van der Waals surface area contributed by atoms with Gasteiger partial charge in [0.25, 0.3) is 5.69 Å². The van der Waals surface area contributed by atoms with E-state index in [1.165, 1.54) is 17.7 Å². The molecule has 0 aliphatic heterocycles. The van der Waals surface area contributed by atoms with Gasteiger partial charge in [0.1, 0.15) is 0 Å². The number of nitrogens with zero attached hydrogens (tertiary/aromatic N) is 2. The Balaban J connectivity index is 1.74. The average molecular weight is 386 g/mol. The zero-order chi connectivity index (χ0) is 20.2. The number of nitro groups is 1. The Bertz CT molecular complexity index is 1170. The molecule has 0 unspecified atom stereocenters. The maximum atomic E-state index is 11.2. The molecule has 0 saturated heterocycles. The summed E-state index contributed by atoms with van der Waals surface area (Å²) in [5, 5.41) is 16.5. The molecule has 3 aromatic carbocycles. The molecule has 1 aromatic heterocycles. The minimum absolute atomic E-state index is 0.0352. The fourth-order valence-corrected chi connectivity index (χ4v) is 3.50. The number of pyridine rings is 1. The van der Waals surface area contributed by atoms with Gasteiger partial charge in [-0.15, -0.1) is 0 Å². The molecule has 3 N–H and O–H groups in total. The summed E-state index contributed by atoms with van der Waals surface area (Å²) in [5.41, 5.74) is 10.1. The van der Waals surface area contributed by atoms with Gasteiger partial charge in [0, 0.05) is 28.6 Å². The zero-order valence-corrected chi connectivity index (χ0v) is 16.0. The molecule has 146 valence electrons. The first kappa shape index (κ1) is 18.8. The second kappa shape index (κ2) is 8.24. The van der Waals surface area contributed by atoms with Crippen molar-refractivity contribution < 1.29 is 4.92 Å². The van der Waals surface area contributed by atoms with Crippen LogP contribution < -0.4 is 11.1 Å². The number of benzene rings is 3. The van der Waals surface area contributed by atoms with Crippen molar-refractivity contribution in [3.63, 3.8) is 0 Å². The Morgan fingerprint density at radius 2 is 1.69 bits per heavy atom. The van der Waals surface area contributed by atoms with Crippen molar-refractivity contribution in [2.24, 2.45) is 5.73 Å². The van der Waals surface area contributed by atoms with E-state index in [1.807, 2.05) is 24.3 Å². The number of anilines is 2. The van der Waals surface area contributed by atoms with Gasteiger partial charge >= 0.3 is 0 Å². The van der Waals surface area contributed by atoms with Crippen molar-refractivity contribution in [1.82, 2.24) is 4.98 Å². The van der Waals surface area contributed by atoms with Gasteiger partial charge in [0.05, 0.1) is 21.6 Å². The first-order valence-electron chi connectivity index (χ1n) is 9.68. The number of aromatic nitrogens is 1. The second-order valence-electron chi connectivity index (χ2n) is 7.03. The van der Waals surface area contributed by atoms with Crippen LogP contribution in [0.4, 0.5) is 17.1 Å². The van der Waals surface area contributed by atoms with Gasteiger partial charge in [-0.25, -0.2) is 4.98 Å². The predicted octanol–water partition coefficient (Wildman–Crippen LogP) is 5.32. The lowest BCUT2D eigenvalue weighted by Gasteiger charge is -2.14. The predicted molar refractivity (Wildman–Crippen MR) is 118 cm³/mol. The van der Waals surface area contributed by atoms with Gasteiger partial charge in [-0.1, -0.05) is 30.3 Å². The topological polar surface area (TPSA) is 94.1 Å². The van der Waals surface area contributed by atoms with Crippen molar-refractivity contribution in [2.45, 2.75) is 19.3 Å². The van der Waals surface area contributed by atoms with E-state index in [1.54, 1.807) is 6.07 Å². The van der Waals surface area contributed by atoms with Crippen LogP contribution in [0, 0.1) is 10.1 Å². The maximum absolute atomic E-state index is 11.2. The van der Waals surface area contributed by atoms with E-state index >= 15 is 0 Å². The Morgan fingerprint density at radius 3 is 2.45 bits per heavy atom. The fourth-order valence-electron chi connectivity index (χ4n) is 3.50. The number of hydrogen-bond donors (Lipinski definition) is 2. The van der Waals surface area contributed by atoms with Crippen LogP contribution in [-0.4, -0.2) is 16.5 Å². The normalized spacial score (nSPS) is 11.1. The van der Waals surface area contributed by atoms with Crippen LogP contribution in [0.2, 0.25) is 0 Å². The highest BCUT2D eigenvalue weighted by Gasteiger charge is 2.13. The lowest BCUT2D eigenvalue weighted by atomic mass is 10.1. The van der Waals surface area contributed by atoms with Crippen LogP contribution in [0.3, 0.4) is 0 Å². The van der Waals surface area contributed by atoms with Crippen LogP contribution in [0.5, 0.6) is 0 Å². The molecule has 0 fully saturated rings. The van der Waals surface area contributed by atoms with Crippen LogP contribution in [-0.2, 0) is 6.42 Å². The smallest absolute Gasteiger partial charge is 0.271 e. The van der Waals surface area contributed by atoms with Crippen molar-refractivity contribution in [2.75, 3.05) is 11.9 Å². The summed E-state index contributed by atoms with van der Waals surface area (Å²) in [7, 11) is 0. The number of hydrogen-bond acceptors (Lipinski definition) is 5. The summed E-state index contributed by atoms with van der Waals surface area (Å²) in [6.07, 6.45) is 3.13. The maximum Gasteiger partial charge on any atom is 0.271 e. The van der Waals surface area contributed by atoms with Gasteiger partial charge in [-0.3, -0.25) is 10.1 Å².